The summed E-state index contributed by atoms with van der Waals surface area (Å²) in [6.07, 6.45) is 0. The van der Waals surface area contributed by atoms with Gasteiger partial charge in [-0.05, 0) is 19.1 Å². The van der Waals surface area contributed by atoms with Gasteiger partial charge in [0, 0.05) is 32.7 Å². The summed E-state index contributed by atoms with van der Waals surface area (Å²) >= 11 is 0. The number of morpholine rings is 2. The number of hydrogen-bond donors (Lipinski definition) is 1. The largest absolute Gasteiger partial charge is 0.465 e. The molecule has 0 saturated carbocycles. The number of aryl methyl sites for hydroxylation is 1. The highest BCUT2D eigenvalue weighted by Crippen LogP contribution is 2.23. The first-order chi connectivity index (χ1) is 11.2. The third-order valence-corrected chi connectivity index (χ3v) is 4.32. The summed E-state index contributed by atoms with van der Waals surface area (Å²) in [6, 6.07) is 3.97. The second-order valence-electron chi connectivity index (χ2n) is 5.90. The van der Waals surface area contributed by atoms with Crippen molar-refractivity contribution in [2.24, 2.45) is 0 Å². The molecule has 23 heavy (non-hydrogen) atoms. The van der Waals surface area contributed by atoms with Crippen LogP contribution in [0.15, 0.2) is 16.5 Å². The van der Waals surface area contributed by atoms with Gasteiger partial charge in [0.1, 0.15) is 11.5 Å². The Bertz CT molecular complexity index is 507. The third-order valence-electron chi connectivity index (χ3n) is 4.32. The van der Waals surface area contributed by atoms with Gasteiger partial charge in [-0.1, -0.05) is 0 Å². The van der Waals surface area contributed by atoms with E-state index in [1.54, 1.807) is 4.90 Å². The van der Waals surface area contributed by atoms with Crippen molar-refractivity contribution in [1.82, 2.24) is 15.1 Å². The minimum atomic E-state index is -0.0326. The molecule has 0 radical (unpaired) electrons. The van der Waals surface area contributed by atoms with Crippen molar-refractivity contribution in [1.29, 1.82) is 0 Å². The van der Waals surface area contributed by atoms with Gasteiger partial charge in [-0.15, -0.1) is 0 Å². The average Bonchev–Trinajstić information content (AvgIpc) is 3.03. The molecule has 1 atom stereocenters. The highest BCUT2D eigenvalue weighted by atomic mass is 16.5. The van der Waals surface area contributed by atoms with Gasteiger partial charge in [0.25, 0.3) is 0 Å². The van der Waals surface area contributed by atoms with E-state index >= 15 is 0 Å². The number of nitrogens with zero attached hydrogens (tertiary/aromatic N) is 2. The second-order valence-corrected chi connectivity index (χ2v) is 5.90. The van der Waals surface area contributed by atoms with Crippen LogP contribution in [0.4, 0.5) is 4.79 Å². The Morgan fingerprint density at radius 2 is 1.78 bits per heavy atom. The Hall–Kier alpha value is -1.57. The fourth-order valence-corrected chi connectivity index (χ4v) is 2.99. The summed E-state index contributed by atoms with van der Waals surface area (Å²) in [4.78, 5) is 16.4. The Morgan fingerprint density at radius 1 is 1.13 bits per heavy atom. The zero-order chi connectivity index (χ0) is 16.1. The maximum absolute atomic E-state index is 12.3. The molecule has 2 amide bonds. The molecule has 0 unspecified atom stereocenters. The molecule has 1 aromatic heterocycles. The Kier molecular flexibility index (Phi) is 5.53. The van der Waals surface area contributed by atoms with Crippen LogP contribution in [0.3, 0.4) is 0 Å². The monoisotopic (exact) mass is 323 g/mol. The van der Waals surface area contributed by atoms with Gasteiger partial charge in [-0.3, -0.25) is 4.90 Å². The summed E-state index contributed by atoms with van der Waals surface area (Å²) < 4.78 is 16.5. The first-order valence-corrected chi connectivity index (χ1v) is 8.22. The van der Waals surface area contributed by atoms with E-state index in [-0.39, 0.29) is 12.1 Å². The smallest absolute Gasteiger partial charge is 0.317 e. The van der Waals surface area contributed by atoms with Crippen LogP contribution in [0, 0.1) is 6.92 Å². The molecule has 2 aliphatic rings. The molecule has 128 valence electrons. The second kappa shape index (κ2) is 7.81. The number of hydrogen-bond acceptors (Lipinski definition) is 5. The van der Waals surface area contributed by atoms with Crippen molar-refractivity contribution in [2.75, 3.05) is 59.2 Å². The zero-order valence-electron chi connectivity index (χ0n) is 13.6. The molecule has 2 aliphatic heterocycles. The van der Waals surface area contributed by atoms with E-state index in [1.807, 2.05) is 19.1 Å². The van der Waals surface area contributed by atoms with Crippen LogP contribution in [0.2, 0.25) is 0 Å². The van der Waals surface area contributed by atoms with E-state index in [0.29, 0.717) is 46.1 Å². The first kappa shape index (κ1) is 16.3. The van der Waals surface area contributed by atoms with Crippen LogP contribution in [-0.2, 0) is 9.47 Å². The van der Waals surface area contributed by atoms with Gasteiger partial charge in [0.05, 0.1) is 32.5 Å². The minimum Gasteiger partial charge on any atom is -0.465 e. The Balaban J connectivity index is 1.62. The lowest BCUT2D eigenvalue weighted by Crippen LogP contribution is -2.49. The molecule has 7 nitrogen and oxygen atoms in total. The zero-order valence-corrected chi connectivity index (χ0v) is 13.6. The molecule has 2 fully saturated rings. The molecule has 1 N–H and O–H groups in total. The topological polar surface area (TPSA) is 67.2 Å². The van der Waals surface area contributed by atoms with Crippen molar-refractivity contribution < 1.29 is 18.7 Å². The van der Waals surface area contributed by atoms with E-state index in [2.05, 4.69) is 10.2 Å². The first-order valence-electron chi connectivity index (χ1n) is 8.22. The van der Waals surface area contributed by atoms with Crippen molar-refractivity contribution in [2.45, 2.75) is 13.0 Å². The summed E-state index contributed by atoms with van der Waals surface area (Å²) in [7, 11) is 0. The average molecular weight is 323 g/mol. The maximum atomic E-state index is 12.3. The number of carbonyl (C=O) groups excluding carboxylic acids is 1. The molecule has 7 heteroatoms. The number of amides is 2. The van der Waals surface area contributed by atoms with Crippen LogP contribution in [-0.4, -0.2) is 75.0 Å². The molecule has 0 bridgehead atoms. The normalized spacial score (nSPS) is 21.2. The van der Waals surface area contributed by atoms with Crippen molar-refractivity contribution in [3.05, 3.63) is 23.7 Å². The lowest BCUT2D eigenvalue weighted by molar-refractivity contribution is 0.0113. The highest BCUT2D eigenvalue weighted by Gasteiger charge is 2.26. The van der Waals surface area contributed by atoms with Gasteiger partial charge < -0.3 is 24.1 Å². The van der Waals surface area contributed by atoms with Crippen LogP contribution < -0.4 is 5.32 Å². The molecule has 0 aromatic carbocycles. The van der Waals surface area contributed by atoms with E-state index in [0.717, 1.165) is 24.6 Å². The SMILES string of the molecule is Cc1ccc([C@@H](CNC(=O)N2CCOCC2)N2CCOCC2)o1. The van der Waals surface area contributed by atoms with Gasteiger partial charge >= 0.3 is 6.03 Å². The van der Waals surface area contributed by atoms with Crippen molar-refractivity contribution in [3.8, 4) is 0 Å². The van der Waals surface area contributed by atoms with E-state index < -0.39 is 0 Å². The molecule has 2 saturated heterocycles. The number of nitrogens with one attached hydrogen (secondary N) is 1. The fourth-order valence-electron chi connectivity index (χ4n) is 2.99. The van der Waals surface area contributed by atoms with Gasteiger partial charge in [-0.25, -0.2) is 4.79 Å². The number of rotatable bonds is 4. The molecular weight excluding hydrogens is 298 g/mol. The fraction of sp³-hybridized carbons (Fsp3) is 0.688. The molecular formula is C16H25N3O4. The molecule has 0 aliphatic carbocycles. The van der Waals surface area contributed by atoms with E-state index in [1.165, 1.54) is 0 Å². The highest BCUT2D eigenvalue weighted by molar-refractivity contribution is 5.74. The lowest BCUT2D eigenvalue weighted by atomic mass is 10.1. The molecule has 3 heterocycles. The van der Waals surface area contributed by atoms with Crippen LogP contribution in [0.25, 0.3) is 0 Å². The maximum Gasteiger partial charge on any atom is 0.317 e. The Morgan fingerprint density at radius 3 is 2.39 bits per heavy atom. The van der Waals surface area contributed by atoms with E-state index in [9.17, 15) is 4.79 Å². The Labute approximate surface area is 136 Å². The predicted molar refractivity (Wildman–Crippen MR) is 84.4 cm³/mol. The summed E-state index contributed by atoms with van der Waals surface area (Å²) in [5, 5.41) is 3.05. The standard InChI is InChI=1S/C16H25N3O4/c1-13-2-3-15(23-13)14(18-4-8-21-9-5-18)12-17-16(20)19-6-10-22-11-7-19/h2-3,14H,4-12H2,1H3,(H,17,20)/t14-/m1/s1. The minimum absolute atomic E-state index is 0.0326. The molecule has 0 spiro atoms. The van der Waals surface area contributed by atoms with Gasteiger partial charge in [0.15, 0.2) is 0 Å². The van der Waals surface area contributed by atoms with Crippen LogP contribution in [0.1, 0.15) is 17.6 Å². The van der Waals surface area contributed by atoms with Crippen LogP contribution in [0.5, 0.6) is 0 Å². The molecule has 1 aromatic rings. The van der Waals surface area contributed by atoms with Crippen molar-refractivity contribution >= 4 is 6.03 Å². The van der Waals surface area contributed by atoms with Gasteiger partial charge in [-0.2, -0.15) is 0 Å². The molecule has 3 rings (SSSR count). The number of furan rings is 1. The van der Waals surface area contributed by atoms with Crippen LogP contribution >= 0.6 is 0 Å². The third kappa shape index (κ3) is 4.25. The lowest BCUT2D eigenvalue weighted by Gasteiger charge is -2.34. The van der Waals surface area contributed by atoms with Gasteiger partial charge in [0.2, 0.25) is 0 Å². The number of ether oxygens (including phenoxy) is 2. The summed E-state index contributed by atoms with van der Waals surface area (Å²) in [6.45, 7) is 8.10. The quantitative estimate of drug-likeness (QED) is 0.895. The summed E-state index contributed by atoms with van der Waals surface area (Å²) in [5.41, 5.74) is 0. The number of carbonyl (C=O) groups is 1. The predicted octanol–water partition coefficient (Wildman–Crippen LogP) is 1.00. The van der Waals surface area contributed by atoms with E-state index in [4.69, 9.17) is 13.9 Å². The summed E-state index contributed by atoms with van der Waals surface area (Å²) in [5.74, 6) is 1.78. The van der Waals surface area contributed by atoms with Crippen molar-refractivity contribution in [3.63, 3.8) is 0 Å². The number of urea groups is 1.